The molecule has 1 amide bonds. The molecule has 0 fully saturated rings. The minimum absolute atomic E-state index is 0.00429. The molecule has 5 nitrogen and oxygen atoms in total. The second-order valence-electron chi connectivity index (χ2n) is 4.83. The largest absolute Gasteiger partial charge is 0.434 e. The molecule has 1 heterocycles. The lowest BCUT2D eigenvalue weighted by Crippen LogP contribution is -2.19. The summed E-state index contributed by atoms with van der Waals surface area (Å²) < 4.78 is 30.6. The van der Waals surface area contributed by atoms with Gasteiger partial charge in [0.25, 0.3) is 5.91 Å². The van der Waals surface area contributed by atoms with Crippen LogP contribution in [0.4, 0.5) is 8.78 Å². The highest BCUT2D eigenvalue weighted by Gasteiger charge is 2.08. The number of rotatable bonds is 5. The lowest BCUT2D eigenvalue weighted by atomic mass is 10.2. The maximum absolute atomic E-state index is 12.4. The van der Waals surface area contributed by atoms with Crippen LogP contribution in [0.5, 0.6) is 5.75 Å². The summed E-state index contributed by atoms with van der Waals surface area (Å²) in [6, 6.07) is 13.6. The van der Waals surface area contributed by atoms with E-state index in [0.29, 0.717) is 5.56 Å². The number of amides is 1. The van der Waals surface area contributed by atoms with E-state index in [2.05, 4.69) is 15.1 Å². The minimum Gasteiger partial charge on any atom is -0.434 e. The van der Waals surface area contributed by atoms with Gasteiger partial charge in [-0.05, 0) is 24.3 Å². The molecule has 0 unspecified atom stereocenters. The highest BCUT2D eigenvalue weighted by Crippen LogP contribution is 2.21. The van der Waals surface area contributed by atoms with Crippen molar-refractivity contribution >= 4 is 23.0 Å². The van der Waals surface area contributed by atoms with Crippen molar-refractivity contribution in [3.05, 3.63) is 66.5 Å². The van der Waals surface area contributed by atoms with Crippen molar-refractivity contribution in [1.82, 2.24) is 9.66 Å². The molecule has 3 aromatic rings. The number of carbonyl (C=O) groups is 1. The Morgan fingerprint density at radius 2 is 1.92 bits per heavy atom. The molecule has 0 radical (unpaired) electrons. The van der Waals surface area contributed by atoms with E-state index in [-0.39, 0.29) is 5.75 Å². The average Bonchev–Trinajstić information content (AvgIpc) is 2.97. The summed E-state index contributed by atoms with van der Waals surface area (Å²) >= 11 is 0. The highest BCUT2D eigenvalue weighted by molar-refractivity contribution is 5.98. The highest BCUT2D eigenvalue weighted by atomic mass is 19.3. The maximum Gasteiger partial charge on any atom is 0.387 e. The summed E-state index contributed by atoms with van der Waals surface area (Å²) in [4.78, 5) is 16.2. The zero-order chi connectivity index (χ0) is 16.9. The molecule has 1 aromatic heterocycles. The molecule has 0 aliphatic rings. The van der Waals surface area contributed by atoms with Crippen molar-refractivity contribution in [2.45, 2.75) is 6.61 Å². The molecule has 1 N–H and O–H groups in total. The number of aromatic nitrogens is 2. The molecule has 0 saturated heterocycles. The van der Waals surface area contributed by atoms with Gasteiger partial charge in [0.15, 0.2) is 0 Å². The molecule has 0 aliphatic carbocycles. The Bertz CT molecular complexity index is 890. The number of hydrogen-bond acceptors (Lipinski definition) is 3. The first kappa shape index (κ1) is 15.7. The van der Waals surface area contributed by atoms with Gasteiger partial charge in [0, 0.05) is 11.6 Å². The molecule has 24 heavy (non-hydrogen) atoms. The van der Waals surface area contributed by atoms with E-state index in [1.807, 2.05) is 24.3 Å². The molecular formula is C17H13F2N3O2. The third-order valence-corrected chi connectivity index (χ3v) is 3.23. The van der Waals surface area contributed by atoms with Gasteiger partial charge in [-0.25, -0.2) is 9.66 Å². The van der Waals surface area contributed by atoms with E-state index < -0.39 is 12.5 Å². The minimum atomic E-state index is -2.93. The van der Waals surface area contributed by atoms with Gasteiger partial charge in [0.2, 0.25) is 0 Å². The monoisotopic (exact) mass is 329 g/mol. The maximum atomic E-state index is 12.4. The normalized spacial score (nSPS) is 11.3. The van der Waals surface area contributed by atoms with E-state index in [9.17, 15) is 13.6 Å². The van der Waals surface area contributed by atoms with Gasteiger partial charge >= 0.3 is 6.61 Å². The van der Waals surface area contributed by atoms with Gasteiger partial charge in [0.1, 0.15) is 12.1 Å². The predicted octanol–water partition coefficient (Wildman–Crippen LogP) is 3.42. The van der Waals surface area contributed by atoms with E-state index in [1.165, 1.54) is 29.2 Å². The number of alkyl halides is 2. The Balaban J connectivity index is 1.74. The Morgan fingerprint density at radius 1 is 1.17 bits per heavy atom. The molecule has 122 valence electrons. The zero-order valence-electron chi connectivity index (χ0n) is 12.4. The second-order valence-corrected chi connectivity index (χ2v) is 4.83. The number of imidazole rings is 1. The number of ether oxygens (including phenoxy) is 1. The van der Waals surface area contributed by atoms with Crippen LogP contribution >= 0.6 is 0 Å². The first-order valence-corrected chi connectivity index (χ1v) is 7.08. The van der Waals surface area contributed by atoms with Gasteiger partial charge in [-0.1, -0.05) is 30.3 Å². The first-order valence-electron chi connectivity index (χ1n) is 7.08. The fourth-order valence-electron chi connectivity index (χ4n) is 2.19. The molecule has 0 aliphatic heterocycles. The smallest absolute Gasteiger partial charge is 0.387 e. The zero-order valence-corrected chi connectivity index (χ0v) is 12.4. The molecule has 0 bridgehead atoms. The predicted molar refractivity (Wildman–Crippen MR) is 86.2 cm³/mol. The third kappa shape index (κ3) is 3.57. The van der Waals surface area contributed by atoms with Crippen molar-refractivity contribution in [2.75, 3.05) is 5.43 Å². The molecule has 0 saturated carbocycles. The van der Waals surface area contributed by atoms with Crippen LogP contribution in [0.15, 0.2) is 60.9 Å². The van der Waals surface area contributed by atoms with Crippen molar-refractivity contribution in [3.8, 4) is 5.75 Å². The fourth-order valence-corrected chi connectivity index (χ4v) is 2.19. The SMILES string of the molecule is O=C(/C=C/c1ccccc1OC(F)F)Nn1cnc2ccccc21. The van der Waals surface area contributed by atoms with Crippen molar-refractivity contribution in [3.63, 3.8) is 0 Å². The summed E-state index contributed by atoms with van der Waals surface area (Å²) in [5, 5.41) is 0. The van der Waals surface area contributed by atoms with E-state index in [4.69, 9.17) is 0 Å². The van der Waals surface area contributed by atoms with Crippen LogP contribution in [0.3, 0.4) is 0 Å². The Labute approximate surface area is 136 Å². The average molecular weight is 329 g/mol. The lowest BCUT2D eigenvalue weighted by Gasteiger charge is -2.07. The fraction of sp³-hybridized carbons (Fsp3) is 0.0588. The Morgan fingerprint density at radius 3 is 2.75 bits per heavy atom. The van der Waals surface area contributed by atoms with Crippen LogP contribution in [-0.4, -0.2) is 22.2 Å². The second kappa shape index (κ2) is 6.91. The number of carbonyl (C=O) groups excluding carboxylic acids is 1. The molecule has 0 atom stereocenters. The van der Waals surface area contributed by atoms with Crippen LogP contribution in [-0.2, 0) is 4.79 Å². The van der Waals surface area contributed by atoms with Gasteiger partial charge in [-0.15, -0.1) is 0 Å². The number of nitrogens with zero attached hydrogens (tertiary/aromatic N) is 2. The Hall–Kier alpha value is -3.22. The van der Waals surface area contributed by atoms with Crippen LogP contribution in [0, 0.1) is 0 Å². The number of para-hydroxylation sites is 3. The van der Waals surface area contributed by atoms with E-state index in [0.717, 1.165) is 11.0 Å². The topological polar surface area (TPSA) is 56.1 Å². The number of hydrogen-bond donors (Lipinski definition) is 1. The summed E-state index contributed by atoms with van der Waals surface area (Å²) in [6.07, 6.45) is 4.14. The number of fused-ring (bicyclic) bond motifs is 1. The van der Waals surface area contributed by atoms with Gasteiger partial charge in [-0.3, -0.25) is 10.2 Å². The van der Waals surface area contributed by atoms with Crippen molar-refractivity contribution in [2.24, 2.45) is 0 Å². The summed E-state index contributed by atoms with van der Waals surface area (Å²) in [5.41, 5.74) is 4.51. The molecule has 7 heteroatoms. The van der Waals surface area contributed by atoms with Crippen LogP contribution < -0.4 is 10.2 Å². The number of nitrogens with one attached hydrogen (secondary N) is 1. The van der Waals surface area contributed by atoms with Crippen LogP contribution in [0.2, 0.25) is 0 Å². The molecule has 3 rings (SSSR count). The van der Waals surface area contributed by atoms with Gasteiger partial charge in [-0.2, -0.15) is 8.78 Å². The van der Waals surface area contributed by atoms with Crippen molar-refractivity contribution in [1.29, 1.82) is 0 Å². The number of halogens is 2. The Kier molecular flexibility index (Phi) is 4.51. The lowest BCUT2D eigenvalue weighted by molar-refractivity contribution is -0.112. The van der Waals surface area contributed by atoms with E-state index >= 15 is 0 Å². The molecule has 2 aromatic carbocycles. The van der Waals surface area contributed by atoms with Crippen molar-refractivity contribution < 1.29 is 18.3 Å². The summed E-state index contributed by atoms with van der Waals surface area (Å²) in [5.74, 6) is -0.422. The first-order chi connectivity index (χ1) is 11.6. The van der Waals surface area contributed by atoms with Crippen LogP contribution in [0.25, 0.3) is 17.1 Å². The standard InChI is InChI=1S/C17H13F2N3O2/c18-17(19)24-15-8-4-1-5-12(15)9-10-16(23)21-22-11-20-13-6-2-3-7-14(13)22/h1-11,17H,(H,21,23)/b10-9+. The third-order valence-electron chi connectivity index (χ3n) is 3.23. The molecular weight excluding hydrogens is 316 g/mol. The number of benzene rings is 2. The van der Waals surface area contributed by atoms with E-state index in [1.54, 1.807) is 18.2 Å². The summed E-state index contributed by atoms with van der Waals surface area (Å²) in [6.45, 7) is -2.93. The van der Waals surface area contributed by atoms with Crippen LogP contribution in [0.1, 0.15) is 5.56 Å². The summed E-state index contributed by atoms with van der Waals surface area (Å²) in [7, 11) is 0. The molecule has 0 spiro atoms. The quantitative estimate of drug-likeness (QED) is 0.730. The van der Waals surface area contributed by atoms with Gasteiger partial charge < -0.3 is 4.74 Å². The van der Waals surface area contributed by atoms with Gasteiger partial charge in [0.05, 0.1) is 11.0 Å².